The molecule has 0 atom stereocenters. The van der Waals surface area contributed by atoms with Crippen molar-refractivity contribution in [3.05, 3.63) is 34.9 Å². The average molecular weight is 422 g/mol. The van der Waals surface area contributed by atoms with Crippen LogP contribution in [0.15, 0.2) is 29.3 Å². The number of benzene rings is 1. The van der Waals surface area contributed by atoms with Gasteiger partial charge in [-0.15, -0.1) is 24.0 Å². The van der Waals surface area contributed by atoms with Gasteiger partial charge in [-0.25, -0.2) is 0 Å². The topological polar surface area (TPSA) is 36.4 Å². The van der Waals surface area contributed by atoms with Crippen LogP contribution in [-0.4, -0.2) is 25.7 Å². The van der Waals surface area contributed by atoms with Gasteiger partial charge in [-0.2, -0.15) is 13.2 Å². The van der Waals surface area contributed by atoms with Crippen molar-refractivity contribution in [2.75, 3.05) is 13.6 Å². The maximum absolute atomic E-state index is 12.0. The summed E-state index contributed by atoms with van der Waals surface area (Å²) >= 11 is 5.83. The van der Waals surface area contributed by atoms with Gasteiger partial charge in [0.1, 0.15) is 0 Å². The van der Waals surface area contributed by atoms with Crippen LogP contribution >= 0.6 is 35.6 Å². The van der Waals surface area contributed by atoms with Gasteiger partial charge in [-0.1, -0.05) is 23.7 Å². The number of halogens is 5. The fraction of sp³-hybridized carbons (Fsp3) is 0.417. The predicted octanol–water partition coefficient (Wildman–Crippen LogP) is 3.58. The van der Waals surface area contributed by atoms with E-state index in [0.717, 1.165) is 5.56 Å². The molecule has 1 rings (SSSR count). The maximum Gasteiger partial charge on any atom is 0.390 e. The first-order chi connectivity index (χ1) is 8.90. The summed E-state index contributed by atoms with van der Waals surface area (Å²) < 4.78 is 36.0. The molecule has 8 heteroatoms. The Bertz CT molecular complexity index is 438. The van der Waals surface area contributed by atoms with Gasteiger partial charge in [0, 0.05) is 25.2 Å². The third kappa shape index (κ3) is 8.47. The molecule has 2 N–H and O–H groups in total. The lowest BCUT2D eigenvalue weighted by atomic mass is 10.2. The van der Waals surface area contributed by atoms with Gasteiger partial charge in [-0.3, -0.25) is 4.99 Å². The third-order valence-corrected chi connectivity index (χ3v) is 2.51. The van der Waals surface area contributed by atoms with Gasteiger partial charge in [0.05, 0.1) is 6.42 Å². The van der Waals surface area contributed by atoms with Crippen LogP contribution in [0.3, 0.4) is 0 Å². The fourth-order valence-electron chi connectivity index (χ4n) is 1.38. The Morgan fingerprint density at radius 3 is 2.55 bits per heavy atom. The molecule has 0 spiro atoms. The van der Waals surface area contributed by atoms with Gasteiger partial charge >= 0.3 is 6.18 Å². The Morgan fingerprint density at radius 2 is 2.00 bits per heavy atom. The molecule has 0 saturated heterocycles. The first-order valence-electron chi connectivity index (χ1n) is 5.66. The van der Waals surface area contributed by atoms with Crippen LogP contribution in [0.5, 0.6) is 0 Å². The van der Waals surface area contributed by atoms with E-state index in [1.165, 1.54) is 7.05 Å². The van der Waals surface area contributed by atoms with Crippen LogP contribution in [-0.2, 0) is 6.54 Å². The zero-order valence-electron chi connectivity index (χ0n) is 10.8. The van der Waals surface area contributed by atoms with Crippen LogP contribution < -0.4 is 10.6 Å². The summed E-state index contributed by atoms with van der Waals surface area (Å²) in [4.78, 5) is 3.84. The van der Waals surface area contributed by atoms with Crippen molar-refractivity contribution in [1.82, 2.24) is 10.6 Å². The Hall–Kier alpha value is -0.700. The number of hydrogen-bond acceptors (Lipinski definition) is 1. The zero-order chi connectivity index (χ0) is 14.3. The van der Waals surface area contributed by atoms with Gasteiger partial charge in [0.2, 0.25) is 0 Å². The molecular formula is C12H16ClF3IN3. The van der Waals surface area contributed by atoms with Gasteiger partial charge in [0.15, 0.2) is 5.96 Å². The maximum atomic E-state index is 12.0. The van der Waals surface area contributed by atoms with E-state index in [0.29, 0.717) is 17.5 Å². The molecule has 0 amide bonds. The first kappa shape index (κ1) is 19.3. The molecule has 0 fully saturated rings. The summed E-state index contributed by atoms with van der Waals surface area (Å²) in [6, 6.07) is 7.19. The highest BCUT2D eigenvalue weighted by Crippen LogP contribution is 2.18. The second-order valence-electron chi connectivity index (χ2n) is 3.85. The highest BCUT2D eigenvalue weighted by atomic mass is 127. The lowest BCUT2D eigenvalue weighted by molar-refractivity contribution is -0.132. The summed E-state index contributed by atoms with van der Waals surface area (Å²) in [5.74, 6) is 0.323. The Balaban J connectivity index is 0.00000361. The number of hydrogen-bond donors (Lipinski definition) is 2. The number of nitrogens with one attached hydrogen (secondary N) is 2. The summed E-state index contributed by atoms with van der Waals surface area (Å²) in [5, 5.41) is 6.12. The van der Waals surface area contributed by atoms with Crippen LogP contribution in [0.2, 0.25) is 5.02 Å². The van der Waals surface area contributed by atoms with Crippen molar-refractivity contribution in [2.45, 2.75) is 19.1 Å². The molecule has 0 aliphatic carbocycles. The summed E-state index contributed by atoms with van der Waals surface area (Å²) in [5.41, 5.74) is 0.922. The number of alkyl halides is 3. The molecule has 0 saturated carbocycles. The number of nitrogens with zero attached hydrogens (tertiary/aromatic N) is 1. The normalized spacial score (nSPS) is 11.8. The van der Waals surface area contributed by atoms with Crippen molar-refractivity contribution < 1.29 is 13.2 Å². The lowest BCUT2D eigenvalue weighted by Crippen LogP contribution is -2.38. The van der Waals surface area contributed by atoms with Crippen LogP contribution in [0.25, 0.3) is 0 Å². The molecule has 1 aromatic rings. The number of rotatable bonds is 4. The van der Waals surface area contributed by atoms with E-state index in [-0.39, 0.29) is 30.5 Å². The van der Waals surface area contributed by atoms with Crippen molar-refractivity contribution in [2.24, 2.45) is 4.99 Å². The number of aliphatic imine (C=N–C) groups is 1. The summed E-state index contributed by atoms with van der Waals surface area (Å²) in [7, 11) is 1.50. The third-order valence-electron chi connectivity index (χ3n) is 2.27. The van der Waals surface area contributed by atoms with Crippen molar-refractivity contribution >= 4 is 41.5 Å². The molecule has 0 radical (unpaired) electrons. The van der Waals surface area contributed by atoms with E-state index in [1.807, 2.05) is 6.07 Å². The van der Waals surface area contributed by atoms with Crippen molar-refractivity contribution in [3.8, 4) is 0 Å². The molecular weight excluding hydrogens is 406 g/mol. The molecule has 0 aliphatic rings. The summed E-state index contributed by atoms with van der Waals surface area (Å²) in [6.07, 6.45) is -5.07. The van der Waals surface area contributed by atoms with Crippen molar-refractivity contribution in [3.63, 3.8) is 0 Å². The molecule has 0 aromatic heterocycles. The largest absolute Gasteiger partial charge is 0.390 e. The van der Waals surface area contributed by atoms with Crippen LogP contribution in [0.4, 0.5) is 13.2 Å². The highest BCUT2D eigenvalue weighted by Gasteiger charge is 2.26. The second kappa shape index (κ2) is 9.28. The Kier molecular flexibility index (Phi) is 8.95. The van der Waals surface area contributed by atoms with Crippen LogP contribution in [0.1, 0.15) is 12.0 Å². The quantitative estimate of drug-likeness (QED) is 0.443. The van der Waals surface area contributed by atoms with E-state index < -0.39 is 12.6 Å². The molecule has 1 aromatic carbocycles. The molecule has 0 bridgehead atoms. The fourth-order valence-corrected chi connectivity index (χ4v) is 1.59. The molecule has 0 unspecified atom stereocenters. The first-order valence-corrected chi connectivity index (χ1v) is 6.04. The second-order valence-corrected chi connectivity index (χ2v) is 4.28. The van der Waals surface area contributed by atoms with Gasteiger partial charge in [0.25, 0.3) is 0 Å². The molecule has 0 heterocycles. The lowest BCUT2D eigenvalue weighted by Gasteiger charge is -2.13. The predicted molar refractivity (Wildman–Crippen MR) is 85.7 cm³/mol. The summed E-state index contributed by atoms with van der Waals surface area (Å²) in [6.45, 7) is 0.227. The Morgan fingerprint density at radius 1 is 1.30 bits per heavy atom. The van der Waals surface area contributed by atoms with Gasteiger partial charge < -0.3 is 10.6 Å². The minimum absolute atomic E-state index is 0. The van der Waals surface area contributed by atoms with Gasteiger partial charge in [-0.05, 0) is 17.7 Å². The smallest absolute Gasteiger partial charge is 0.356 e. The van der Waals surface area contributed by atoms with Crippen LogP contribution in [0, 0.1) is 0 Å². The highest BCUT2D eigenvalue weighted by molar-refractivity contribution is 14.0. The SMILES string of the molecule is CN=C(NCCC(F)(F)F)NCc1cccc(Cl)c1.I. The molecule has 0 aliphatic heterocycles. The molecule has 114 valence electrons. The number of guanidine groups is 1. The molecule has 20 heavy (non-hydrogen) atoms. The molecule has 3 nitrogen and oxygen atoms in total. The minimum Gasteiger partial charge on any atom is -0.356 e. The zero-order valence-corrected chi connectivity index (χ0v) is 13.9. The average Bonchev–Trinajstić information content (AvgIpc) is 2.32. The standard InChI is InChI=1S/C12H15ClF3N3.HI/c1-17-11(18-6-5-12(14,15)16)19-8-9-3-2-4-10(13)7-9;/h2-4,7H,5-6,8H2,1H3,(H2,17,18,19);1H. The van der Waals surface area contributed by atoms with E-state index in [2.05, 4.69) is 15.6 Å². The van der Waals surface area contributed by atoms with E-state index in [1.54, 1.807) is 18.2 Å². The van der Waals surface area contributed by atoms with E-state index in [4.69, 9.17) is 11.6 Å². The van der Waals surface area contributed by atoms with Crippen molar-refractivity contribution in [1.29, 1.82) is 0 Å². The van der Waals surface area contributed by atoms with E-state index >= 15 is 0 Å². The minimum atomic E-state index is -4.17. The van der Waals surface area contributed by atoms with E-state index in [9.17, 15) is 13.2 Å². The monoisotopic (exact) mass is 421 g/mol. The Labute approximate surface area is 138 Å².